The molecule has 76 valence electrons. The van der Waals surface area contributed by atoms with Crippen LogP contribution in [0, 0.1) is 5.82 Å². The lowest BCUT2D eigenvalue weighted by Gasteiger charge is -2.07. The van der Waals surface area contributed by atoms with E-state index in [1.54, 1.807) is 0 Å². The van der Waals surface area contributed by atoms with Gasteiger partial charge in [0.05, 0.1) is 12.8 Å². The van der Waals surface area contributed by atoms with Crippen molar-refractivity contribution in [2.75, 3.05) is 12.4 Å². The third-order valence-corrected chi connectivity index (χ3v) is 1.92. The first-order valence-electron chi connectivity index (χ1n) is 3.57. The first kappa shape index (κ1) is 10.8. The van der Waals surface area contributed by atoms with Crippen LogP contribution in [0.3, 0.4) is 0 Å². The number of carboxylic acid groups (broad SMARTS) is 1. The van der Waals surface area contributed by atoms with E-state index in [1.165, 1.54) is 19.2 Å². The molecule has 4 nitrogen and oxygen atoms in total. The highest BCUT2D eigenvalue weighted by molar-refractivity contribution is 9.10. The smallest absolute Gasteiger partial charge is 0.409 e. The fraction of sp³-hybridized carbons (Fsp3) is 0.125. The monoisotopic (exact) mass is 263 g/mol. The Morgan fingerprint density at radius 1 is 1.64 bits per heavy atom. The highest BCUT2D eigenvalue weighted by Crippen LogP contribution is 2.29. The Labute approximate surface area is 87.8 Å². The van der Waals surface area contributed by atoms with Crippen molar-refractivity contribution in [3.63, 3.8) is 0 Å². The summed E-state index contributed by atoms with van der Waals surface area (Å²) in [6, 6.07) is 2.72. The summed E-state index contributed by atoms with van der Waals surface area (Å²) in [7, 11) is 1.30. The zero-order valence-corrected chi connectivity index (χ0v) is 8.76. The van der Waals surface area contributed by atoms with Crippen LogP contribution >= 0.6 is 15.9 Å². The number of hydrogen-bond acceptors (Lipinski definition) is 2. The van der Waals surface area contributed by atoms with Gasteiger partial charge in [0.2, 0.25) is 0 Å². The van der Waals surface area contributed by atoms with Crippen molar-refractivity contribution in [1.29, 1.82) is 0 Å². The van der Waals surface area contributed by atoms with Gasteiger partial charge in [0.15, 0.2) is 11.6 Å². The van der Waals surface area contributed by atoms with E-state index in [0.717, 1.165) is 0 Å². The molecule has 1 amide bonds. The van der Waals surface area contributed by atoms with Gasteiger partial charge in [0, 0.05) is 4.47 Å². The van der Waals surface area contributed by atoms with Gasteiger partial charge < -0.3 is 9.84 Å². The zero-order chi connectivity index (χ0) is 10.7. The number of amides is 1. The SMILES string of the molecule is COc1cc(Br)cc(NC(=O)O)c1F. The van der Waals surface area contributed by atoms with Crippen LogP contribution in [0.25, 0.3) is 0 Å². The van der Waals surface area contributed by atoms with Crippen LogP contribution in [-0.2, 0) is 0 Å². The molecule has 0 saturated carbocycles. The van der Waals surface area contributed by atoms with Gasteiger partial charge in [0.1, 0.15) is 0 Å². The maximum absolute atomic E-state index is 13.3. The van der Waals surface area contributed by atoms with Gasteiger partial charge in [-0.15, -0.1) is 0 Å². The molecule has 0 fully saturated rings. The highest BCUT2D eigenvalue weighted by Gasteiger charge is 2.12. The molecule has 0 bridgehead atoms. The summed E-state index contributed by atoms with van der Waals surface area (Å²) in [6.07, 6.45) is -1.33. The molecule has 2 N–H and O–H groups in total. The number of hydrogen-bond donors (Lipinski definition) is 2. The molecule has 0 spiro atoms. The summed E-state index contributed by atoms with van der Waals surface area (Å²) < 4.78 is 18.6. The van der Waals surface area contributed by atoms with Crippen molar-refractivity contribution < 1.29 is 19.0 Å². The van der Waals surface area contributed by atoms with E-state index < -0.39 is 11.9 Å². The molecule has 0 heterocycles. The number of nitrogens with one attached hydrogen (secondary N) is 1. The van der Waals surface area contributed by atoms with Crippen LogP contribution in [0.2, 0.25) is 0 Å². The first-order chi connectivity index (χ1) is 6.54. The van der Waals surface area contributed by atoms with Crippen LogP contribution in [0.5, 0.6) is 5.75 Å². The lowest BCUT2D eigenvalue weighted by atomic mass is 10.3. The van der Waals surface area contributed by atoms with E-state index >= 15 is 0 Å². The Morgan fingerprint density at radius 3 is 2.79 bits per heavy atom. The fourth-order valence-electron chi connectivity index (χ4n) is 0.919. The molecule has 0 aliphatic rings. The predicted octanol–water partition coefficient (Wildman–Crippen LogP) is 2.69. The first-order valence-corrected chi connectivity index (χ1v) is 4.37. The Balaban J connectivity index is 3.15. The lowest BCUT2D eigenvalue weighted by molar-refractivity contribution is 0.209. The minimum Gasteiger partial charge on any atom is -0.494 e. The van der Waals surface area contributed by atoms with Crippen molar-refractivity contribution in [3.05, 3.63) is 22.4 Å². The number of benzene rings is 1. The highest BCUT2D eigenvalue weighted by atomic mass is 79.9. The van der Waals surface area contributed by atoms with E-state index in [2.05, 4.69) is 15.9 Å². The third-order valence-electron chi connectivity index (χ3n) is 1.47. The van der Waals surface area contributed by atoms with E-state index in [4.69, 9.17) is 9.84 Å². The predicted molar refractivity (Wildman–Crippen MR) is 52.3 cm³/mol. The van der Waals surface area contributed by atoms with Gasteiger partial charge in [-0.25, -0.2) is 9.18 Å². The topological polar surface area (TPSA) is 58.6 Å². The molecular formula is C8H7BrFNO3. The fourth-order valence-corrected chi connectivity index (χ4v) is 1.36. The van der Waals surface area contributed by atoms with Gasteiger partial charge in [0.25, 0.3) is 0 Å². The molecule has 0 atom stereocenters. The average Bonchev–Trinajstić information content (AvgIpc) is 2.09. The average molecular weight is 264 g/mol. The van der Waals surface area contributed by atoms with Crippen molar-refractivity contribution in [1.82, 2.24) is 0 Å². The van der Waals surface area contributed by atoms with Crippen LogP contribution in [0.1, 0.15) is 0 Å². The number of methoxy groups -OCH3 is 1. The molecule has 0 saturated heterocycles. The Hall–Kier alpha value is -1.30. The second kappa shape index (κ2) is 4.28. The molecule has 0 radical (unpaired) electrons. The zero-order valence-electron chi connectivity index (χ0n) is 7.17. The second-order valence-electron chi connectivity index (χ2n) is 2.40. The van der Waals surface area contributed by atoms with Crippen LogP contribution < -0.4 is 10.1 Å². The van der Waals surface area contributed by atoms with Crippen LogP contribution in [0.4, 0.5) is 14.9 Å². The summed E-state index contributed by atoms with van der Waals surface area (Å²) in [4.78, 5) is 10.3. The van der Waals surface area contributed by atoms with Crippen molar-refractivity contribution in [2.24, 2.45) is 0 Å². The molecule has 0 aliphatic heterocycles. The van der Waals surface area contributed by atoms with Crippen LogP contribution in [0.15, 0.2) is 16.6 Å². The van der Waals surface area contributed by atoms with Gasteiger partial charge in [-0.3, -0.25) is 5.32 Å². The van der Waals surface area contributed by atoms with Crippen molar-refractivity contribution in [3.8, 4) is 5.75 Å². The van der Waals surface area contributed by atoms with Crippen LogP contribution in [-0.4, -0.2) is 18.3 Å². The molecule has 1 rings (SSSR count). The van der Waals surface area contributed by atoms with Crippen molar-refractivity contribution >= 4 is 27.7 Å². The number of carbonyl (C=O) groups is 1. The molecule has 1 aromatic rings. The maximum Gasteiger partial charge on any atom is 0.409 e. The number of rotatable bonds is 2. The minimum absolute atomic E-state index is 0.0249. The van der Waals surface area contributed by atoms with E-state index in [0.29, 0.717) is 4.47 Å². The Kier molecular flexibility index (Phi) is 3.29. The molecule has 0 aromatic heterocycles. The summed E-state index contributed by atoms with van der Waals surface area (Å²) in [5.41, 5.74) is -0.149. The lowest BCUT2D eigenvalue weighted by Crippen LogP contribution is -2.09. The number of ether oxygens (including phenoxy) is 1. The van der Waals surface area contributed by atoms with E-state index in [-0.39, 0.29) is 11.4 Å². The van der Waals surface area contributed by atoms with E-state index in [9.17, 15) is 9.18 Å². The summed E-state index contributed by atoms with van der Waals surface area (Å²) in [5, 5.41) is 10.3. The maximum atomic E-state index is 13.3. The van der Waals surface area contributed by atoms with Gasteiger partial charge in [-0.1, -0.05) is 15.9 Å². The molecule has 0 unspecified atom stereocenters. The van der Waals surface area contributed by atoms with Gasteiger partial charge in [-0.2, -0.15) is 0 Å². The van der Waals surface area contributed by atoms with E-state index in [1.807, 2.05) is 5.32 Å². The molecule has 14 heavy (non-hydrogen) atoms. The standard InChI is InChI=1S/C8H7BrFNO3/c1-14-6-3-4(9)2-5(7(6)10)11-8(12)13/h2-3,11H,1H3,(H,12,13). The third kappa shape index (κ3) is 2.35. The summed E-state index contributed by atoms with van der Waals surface area (Å²) >= 11 is 3.10. The van der Waals surface area contributed by atoms with Crippen molar-refractivity contribution in [2.45, 2.75) is 0 Å². The number of halogens is 2. The summed E-state index contributed by atoms with van der Waals surface area (Å²) in [5.74, 6) is -0.763. The second-order valence-corrected chi connectivity index (χ2v) is 3.32. The molecule has 6 heteroatoms. The Bertz CT molecular complexity index is 370. The Morgan fingerprint density at radius 2 is 2.29 bits per heavy atom. The summed E-state index contributed by atoms with van der Waals surface area (Å²) in [6.45, 7) is 0. The van der Waals surface area contributed by atoms with Gasteiger partial charge >= 0.3 is 6.09 Å². The largest absolute Gasteiger partial charge is 0.494 e. The molecule has 0 aliphatic carbocycles. The minimum atomic E-state index is -1.33. The molecule has 1 aromatic carbocycles. The number of anilines is 1. The normalized spacial score (nSPS) is 9.64. The quantitative estimate of drug-likeness (QED) is 0.863. The van der Waals surface area contributed by atoms with Gasteiger partial charge in [-0.05, 0) is 12.1 Å². The molecular weight excluding hydrogens is 257 g/mol.